The van der Waals surface area contributed by atoms with E-state index in [1.54, 1.807) is 6.33 Å². The molecule has 0 radical (unpaired) electrons. The molecule has 0 bridgehead atoms. The molecule has 2 aromatic heterocycles. The van der Waals surface area contributed by atoms with Crippen LogP contribution in [0.1, 0.15) is 36.4 Å². The highest BCUT2D eigenvalue weighted by Crippen LogP contribution is 2.44. The Morgan fingerprint density at radius 1 is 1.19 bits per heavy atom. The standard InChI is InChI=1S/C21H21N5O/c27-21(25-16-4-2-1-3-5-16)26-10-8-15(9-11-26)19-18-17(14-6-7-14)12-22-20(18)24-13-23-19/h1-5,8,12-14H,6-7,9-11H2,(H,25,27)(H,22,23,24). The zero-order valence-electron chi connectivity index (χ0n) is 15.0. The summed E-state index contributed by atoms with van der Waals surface area (Å²) in [5, 5.41) is 4.11. The predicted molar refractivity (Wildman–Crippen MR) is 105 cm³/mol. The van der Waals surface area contributed by atoms with Crippen LogP contribution in [0.15, 0.2) is 48.9 Å². The van der Waals surface area contributed by atoms with Crippen LogP contribution in [0.2, 0.25) is 0 Å². The summed E-state index contributed by atoms with van der Waals surface area (Å²) in [5.74, 6) is 0.640. The number of nitrogens with zero attached hydrogens (tertiary/aromatic N) is 3. The van der Waals surface area contributed by atoms with E-state index in [2.05, 4.69) is 32.5 Å². The van der Waals surface area contributed by atoms with Crippen LogP contribution in [-0.2, 0) is 0 Å². The number of amides is 2. The van der Waals surface area contributed by atoms with Gasteiger partial charge in [-0.15, -0.1) is 0 Å². The van der Waals surface area contributed by atoms with E-state index < -0.39 is 0 Å². The second kappa shape index (κ2) is 6.54. The Balaban J connectivity index is 1.37. The molecule has 27 heavy (non-hydrogen) atoms. The van der Waals surface area contributed by atoms with Gasteiger partial charge in [0.1, 0.15) is 12.0 Å². The number of para-hydroxylation sites is 1. The Hall–Kier alpha value is -3.15. The number of aromatic nitrogens is 3. The van der Waals surface area contributed by atoms with Crippen molar-refractivity contribution in [3.05, 3.63) is 60.2 Å². The summed E-state index contributed by atoms with van der Waals surface area (Å²) >= 11 is 0. The number of hydrogen-bond donors (Lipinski definition) is 2. The minimum absolute atomic E-state index is 0.0651. The number of H-pyrrole nitrogens is 1. The summed E-state index contributed by atoms with van der Waals surface area (Å²) in [7, 11) is 0. The van der Waals surface area contributed by atoms with Crippen LogP contribution in [0.25, 0.3) is 16.6 Å². The maximum Gasteiger partial charge on any atom is 0.322 e. The molecule has 0 saturated heterocycles. The molecule has 2 amide bonds. The van der Waals surface area contributed by atoms with Gasteiger partial charge in [0, 0.05) is 30.4 Å². The van der Waals surface area contributed by atoms with Gasteiger partial charge in [-0.2, -0.15) is 0 Å². The van der Waals surface area contributed by atoms with Crippen molar-refractivity contribution in [2.45, 2.75) is 25.2 Å². The van der Waals surface area contributed by atoms with Crippen molar-refractivity contribution in [1.82, 2.24) is 19.9 Å². The molecule has 1 aromatic carbocycles. The minimum atomic E-state index is -0.0651. The molecule has 3 aromatic rings. The minimum Gasteiger partial charge on any atom is -0.346 e. The lowest BCUT2D eigenvalue weighted by atomic mass is 9.99. The van der Waals surface area contributed by atoms with Crippen molar-refractivity contribution < 1.29 is 4.79 Å². The van der Waals surface area contributed by atoms with Gasteiger partial charge in [-0.25, -0.2) is 14.8 Å². The van der Waals surface area contributed by atoms with Crippen LogP contribution in [0.3, 0.4) is 0 Å². The fraction of sp³-hybridized carbons (Fsp3) is 0.286. The normalized spacial score (nSPS) is 17.0. The van der Waals surface area contributed by atoms with E-state index >= 15 is 0 Å². The van der Waals surface area contributed by atoms with E-state index in [0.717, 1.165) is 28.8 Å². The molecule has 1 aliphatic carbocycles. The number of nitrogens with one attached hydrogen (secondary N) is 2. The quantitative estimate of drug-likeness (QED) is 0.737. The summed E-state index contributed by atoms with van der Waals surface area (Å²) < 4.78 is 0. The van der Waals surface area contributed by atoms with Crippen molar-refractivity contribution in [2.75, 3.05) is 18.4 Å². The largest absolute Gasteiger partial charge is 0.346 e. The fourth-order valence-electron chi connectivity index (χ4n) is 3.74. The van der Waals surface area contributed by atoms with Gasteiger partial charge in [-0.05, 0) is 48.4 Å². The van der Waals surface area contributed by atoms with Crippen molar-refractivity contribution in [3.63, 3.8) is 0 Å². The first kappa shape index (κ1) is 16.1. The Kier molecular flexibility index (Phi) is 3.89. The summed E-state index contributed by atoms with van der Waals surface area (Å²) in [6.07, 6.45) is 9.12. The van der Waals surface area contributed by atoms with Crippen LogP contribution < -0.4 is 5.32 Å². The molecule has 1 fully saturated rings. The number of aromatic amines is 1. The highest BCUT2D eigenvalue weighted by atomic mass is 16.2. The molecular weight excluding hydrogens is 338 g/mol. The van der Waals surface area contributed by atoms with Crippen molar-refractivity contribution in [2.24, 2.45) is 0 Å². The number of hydrogen-bond acceptors (Lipinski definition) is 3. The number of anilines is 1. The van der Waals surface area contributed by atoms with Crippen molar-refractivity contribution in [1.29, 1.82) is 0 Å². The van der Waals surface area contributed by atoms with Crippen molar-refractivity contribution in [3.8, 4) is 0 Å². The molecule has 3 heterocycles. The first-order chi connectivity index (χ1) is 13.3. The van der Waals surface area contributed by atoms with Crippen LogP contribution in [0.5, 0.6) is 0 Å². The fourth-order valence-corrected chi connectivity index (χ4v) is 3.74. The molecule has 2 aliphatic rings. The molecule has 0 spiro atoms. The lowest BCUT2D eigenvalue weighted by molar-refractivity contribution is 0.217. The lowest BCUT2D eigenvalue weighted by Crippen LogP contribution is -2.37. The number of carbonyl (C=O) groups is 1. The third-order valence-electron chi connectivity index (χ3n) is 5.34. The van der Waals surface area contributed by atoms with Gasteiger partial charge in [0.15, 0.2) is 0 Å². The van der Waals surface area contributed by atoms with E-state index in [9.17, 15) is 4.79 Å². The first-order valence-electron chi connectivity index (χ1n) is 9.42. The molecule has 1 saturated carbocycles. The molecule has 136 valence electrons. The zero-order chi connectivity index (χ0) is 18.2. The molecule has 6 heteroatoms. The third kappa shape index (κ3) is 3.07. The number of benzene rings is 1. The summed E-state index contributed by atoms with van der Waals surface area (Å²) in [5.41, 5.74) is 5.29. The number of rotatable bonds is 3. The molecule has 0 atom stereocenters. The maximum absolute atomic E-state index is 12.5. The second-order valence-electron chi connectivity index (χ2n) is 7.19. The van der Waals surface area contributed by atoms with E-state index in [-0.39, 0.29) is 6.03 Å². The van der Waals surface area contributed by atoms with Crippen LogP contribution in [0, 0.1) is 0 Å². The molecule has 0 unspecified atom stereocenters. The van der Waals surface area contributed by atoms with Crippen LogP contribution in [-0.4, -0.2) is 39.0 Å². The Labute approximate surface area is 157 Å². The topological polar surface area (TPSA) is 73.9 Å². The number of urea groups is 1. The lowest BCUT2D eigenvalue weighted by Gasteiger charge is -2.26. The average Bonchev–Trinajstić information content (AvgIpc) is 3.47. The highest BCUT2D eigenvalue weighted by molar-refractivity contribution is 5.93. The summed E-state index contributed by atoms with van der Waals surface area (Å²) in [6, 6.07) is 9.49. The van der Waals surface area contributed by atoms with Gasteiger partial charge in [0.2, 0.25) is 0 Å². The highest BCUT2D eigenvalue weighted by Gasteiger charge is 2.29. The second-order valence-corrected chi connectivity index (χ2v) is 7.19. The maximum atomic E-state index is 12.5. The van der Waals surface area contributed by atoms with Crippen LogP contribution >= 0.6 is 0 Å². The zero-order valence-corrected chi connectivity index (χ0v) is 15.0. The van der Waals surface area contributed by atoms with Gasteiger partial charge >= 0.3 is 6.03 Å². The summed E-state index contributed by atoms with van der Waals surface area (Å²) in [6.45, 7) is 1.27. The molecular formula is C21H21N5O. The molecule has 5 rings (SSSR count). The van der Waals surface area contributed by atoms with E-state index in [0.29, 0.717) is 19.0 Å². The average molecular weight is 359 g/mol. The van der Waals surface area contributed by atoms with Crippen LogP contribution in [0.4, 0.5) is 10.5 Å². The smallest absolute Gasteiger partial charge is 0.322 e. The number of carbonyl (C=O) groups excluding carboxylic acids is 1. The number of fused-ring (bicyclic) bond motifs is 1. The van der Waals surface area contributed by atoms with Gasteiger partial charge in [0.25, 0.3) is 0 Å². The van der Waals surface area contributed by atoms with Gasteiger partial charge in [0.05, 0.1) is 5.69 Å². The summed E-state index contributed by atoms with van der Waals surface area (Å²) in [4.78, 5) is 26.6. The predicted octanol–water partition coefficient (Wildman–Crippen LogP) is 4.16. The van der Waals surface area contributed by atoms with Crippen molar-refractivity contribution >= 4 is 28.3 Å². The van der Waals surface area contributed by atoms with E-state index in [4.69, 9.17) is 0 Å². The van der Waals surface area contributed by atoms with Gasteiger partial charge in [-0.1, -0.05) is 24.3 Å². The van der Waals surface area contributed by atoms with Gasteiger partial charge in [-0.3, -0.25) is 0 Å². The molecule has 1 aliphatic heterocycles. The molecule has 6 nitrogen and oxygen atoms in total. The first-order valence-corrected chi connectivity index (χ1v) is 9.42. The van der Waals surface area contributed by atoms with Gasteiger partial charge < -0.3 is 15.2 Å². The monoisotopic (exact) mass is 359 g/mol. The van der Waals surface area contributed by atoms with E-state index in [1.807, 2.05) is 35.2 Å². The Morgan fingerprint density at radius 2 is 2.04 bits per heavy atom. The molecule has 2 N–H and O–H groups in total. The van der Waals surface area contributed by atoms with E-state index in [1.165, 1.54) is 24.0 Å². The SMILES string of the molecule is O=C(Nc1ccccc1)N1CC=C(c2ncnc3[nH]cc(C4CC4)c23)CC1. The Morgan fingerprint density at radius 3 is 2.78 bits per heavy atom. The Bertz CT molecular complexity index is 1020. The third-order valence-corrected chi connectivity index (χ3v) is 5.34.